The van der Waals surface area contributed by atoms with E-state index in [0.29, 0.717) is 27.3 Å². The van der Waals surface area contributed by atoms with Gasteiger partial charge in [0.2, 0.25) is 0 Å². The van der Waals surface area contributed by atoms with Gasteiger partial charge >= 0.3 is 6.03 Å². The van der Waals surface area contributed by atoms with Crippen molar-refractivity contribution in [2.45, 2.75) is 38.8 Å². The topological polar surface area (TPSA) is 96.2 Å². The molecule has 3 rings (SSSR count). The lowest BCUT2D eigenvalue weighted by Gasteiger charge is -2.10. The zero-order chi connectivity index (χ0) is 18.8. The summed E-state index contributed by atoms with van der Waals surface area (Å²) < 4.78 is 0. The van der Waals surface area contributed by atoms with Crippen LogP contribution in [0.1, 0.15) is 46.6 Å². The molecule has 0 aliphatic carbocycles. The predicted molar refractivity (Wildman–Crippen MR) is 106 cm³/mol. The largest absolute Gasteiger partial charge is 0.365 e. The van der Waals surface area contributed by atoms with Crippen molar-refractivity contribution in [1.29, 1.82) is 0 Å². The van der Waals surface area contributed by atoms with E-state index in [1.807, 2.05) is 6.92 Å². The number of halogens is 1. The lowest BCUT2D eigenvalue weighted by atomic mass is 10.1. The Balaban J connectivity index is 1.81. The summed E-state index contributed by atoms with van der Waals surface area (Å²) in [4.78, 5) is 25.3. The maximum atomic E-state index is 12.3. The number of amides is 3. The van der Waals surface area contributed by atoms with Crippen LogP contribution >= 0.6 is 22.9 Å². The van der Waals surface area contributed by atoms with Gasteiger partial charge in [0.15, 0.2) is 0 Å². The summed E-state index contributed by atoms with van der Waals surface area (Å²) in [5, 5.41) is 10.0. The minimum absolute atomic E-state index is 0.183. The fraction of sp³-hybridized carbons (Fsp3) is 0.333. The number of rotatable bonds is 4. The van der Waals surface area contributed by atoms with E-state index in [1.165, 1.54) is 11.3 Å². The molecule has 1 saturated heterocycles. The molecular weight excluding hydrogens is 372 g/mol. The van der Waals surface area contributed by atoms with Crippen LogP contribution < -0.4 is 21.7 Å². The molecule has 5 N–H and O–H groups in total. The van der Waals surface area contributed by atoms with Gasteiger partial charge in [0, 0.05) is 27.7 Å². The van der Waals surface area contributed by atoms with E-state index in [1.54, 1.807) is 24.3 Å². The van der Waals surface area contributed by atoms with Crippen LogP contribution in [-0.2, 0) is 0 Å². The van der Waals surface area contributed by atoms with Gasteiger partial charge < -0.3 is 16.4 Å². The van der Waals surface area contributed by atoms with E-state index in [0.717, 1.165) is 23.3 Å². The number of urea groups is 1. The number of primary amides is 1. The lowest BCUT2D eigenvalue weighted by molar-refractivity contribution is 0.100. The van der Waals surface area contributed by atoms with Gasteiger partial charge in [-0.25, -0.2) is 4.79 Å². The maximum Gasteiger partial charge on any atom is 0.324 e. The number of carbonyl (C=O) groups is 2. The molecule has 1 aromatic heterocycles. The number of carbonyl (C=O) groups excluding carboxylic acids is 2. The zero-order valence-corrected chi connectivity index (χ0v) is 16.1. The number of benzene rings is 1. The van der Waals surface area contributed by atoms with Crippen LogP contribution in [0.4, 0.5) is 15.5 Å². The monoisotopic (exact) mass is 392 g/mol. The fourth-order valence-corrected chi connectivity index (χ4v) is 4.61. The number of thiophene rings is 1. The Bertz CT molecular complexity index is 834. The van der Waals surface area contributed by atoms with E-state index in [-0.39, 0.29) is 6.04 Å². The van der Waals surface area contributed by atoms with Crippen LogP contribution in [0.15, 0.2) is 24.3 Å². The highest BCUT2D eigenvalue weighted by atomic mass is 35.5. The molecule has 138 valence electrons. The SMILES string of the molecule is Cc1c(C2CCC(C)N2)sc(NC(=O)Nc2ccc(Cl)cc2)c1C(N)=O. The molecule has 1 aliphatic heterocycles. The molecular formula is C18H21ClN4O2S. The molecule has 2 heterocycles. The first kappa shape index (κ1) is 18.7. The highest BCUT2D eigenvalue weighted by Gasteiger charge is 2.29. The van der Waals surface area contributed by atoms with Gasteiger partial charge in [-0.2, -0.15) is 0 Å². The number of hydrogen-bond donors (Lipinski definition) is 4. The minimum Gasteiger partial charge on any atom is -0.365 e. The normalized spacial score (nSPS) is 19.3. The number of nitrogens with one attached hydrogen (secondary N) is 3. The third-order valence-corrected chi connectivity index (χ3v) is 6.02. The van der Waals surface area contributed by atoms with Gasteiger partial charge in [-0.15, -0.1) is 11.3 Å². The minimum atomic E-state index is -0.544. The molecule has 8 heteroatoms. The Labute approximate surface area is 161 Å². The summed E-state index contributed by atoms with van der Waals surface area (Å²) in [5.74, 6) is -0.544. The maximum absolute atomic E-state index is 12.3. The predicted octanol–water partition coefficient (Wildman–Crippen LogP) is 4.27. The molecule has 0 spiro atoms. The molecule has 1 aromatic carbocycles. The molecule has 0 saturated carbocycles. The first-order chi connectivity index (χ1) is 12.3. The first-order valence-corrected chi connectivity index (χ1v) is 9.57. The molecule has 2 unspecified atom stereocenters. The molecule has 0 bridgehead atoms. The molecule has 2 atom stereocenters. The van der Waals surface area contributed by atoms with Gasteiger partial charge in [0.25, 0.3) is 5.91 Å². The second-order valence-electron chi connectivity index (χ2n) is 6.44. The van der Waals surface area contributed by atoms with Gasteiger partial charge in [-0.05, 0) is 56.5 Å². The van der Waals surface area contributed by atoms with Crippen molar-refractivity contribution in [3.63, 3.8) is 0 Å². The third kappa shape index (κ3) is 4.00. The van der Waals surface area contributed by atoms with Crippen LogP contribution in [0.3, 0.4) is 0 Å². The Morgan fingerprint density at radius 3 is 2.50 bits per heavy atom. The second kappa shape index (κ2) is 7.65. The summed E-state index contributed by atoms with van der Waals surface area (Å²) in [7, 11) is 0. The van der Waals surface area contributed by atoms with Gasteiger partial charge in [0.05, 0.1) is 5.56 Å². The van der Waals surface area contributed by atoms with Crippen LogP contribution in [0.2, 0.25) is 5.02 Å². The Hall–Kier alpha value is -2.09. The van der Waals surface area contributed by atoms with Crippen molar-refractivity contribution in [2.24, 2.45) is 5.73 Å². The van der Waals surface area contributed by atoms with Crippen LogP contribution in [-0.4, -0.2) is 18.0 Å². The molecule has 2 aromatic rings. The van der Waals surface area contributed by atoms with Crippen molar-refractivity contribution >= 4 is 45.6 Å². The number of hydrogen-bond acceptors (Lipinski definition) is 4. The fourth-order valence-electron chi connectivity index (χ4n) is 3.18. The van der Waals surface area contributed by atoms with Crippen molar-refractivity contribution in [3.05, 3.63) is 45.3 Å². The lowest BCUT2D eigenvalue weighted by Crippen LogP contribution is -2.22. The quantitative estimate of drug-likeness (QED) is 0.625. The van der Waals surface area contributed by atoms with Crippen LogP contribution in [0, 0.1) is 6.92 Å². The average Bonchev–Trinajstić information content (AvgIpc) is 3.13. The molecule has 1 fully saturated rings. The van der Waals surface area contributed by atoms with E-state index in [4.69, 9.17) is 17.3 Å². The van der Waals surface area contributed by atoms with Gasteiger partial charge in [0.1, 0.15) is 5.00 Å². The van der Waals surface area contributed by atoms with Crippen LogP contribution in [0.25, 0.3) is 0 Å². The summed E-state index contributed by atoms with van der Waals surface area (Å²) >= 11 is 7.24. The highest BCUT2D eigenvalue weighted by Crippen LogP contribution is 2.40. The number of anilines is 2. The average molecular weight is 393 g/mol. The Morgan fingerprint density at radius 1 is 1.23 bits per heavy atom. The molecule has 3 amide bonds. The van der Waals surface area contributed by atoms with Crippen molar-refractivity contribution in [2.75, 3.05) is 10.6 Å². The van der Waals surface area contributed by atoms with E-state index < -0.39 is 11.9 Å². The standard InChI is InChI=1S/C18H21ClN4O2S/c1-9-3-8-13(21-9)15-10(2)14(16(20)24)17(26-15)23-18(25)22-12-6-4-11(19)5-7-12/h4-7,9,13,21H,3,8H2,1-2H3,(H2,20,24)(H2,22,23,25). The van der Waals surface area contributed by atoms with E-state index >= 15 is 0 Å². The Kier molecular flexibility index (Phi) is 5.50. The third-order valence-electron chi connectivity index (χ3n) is 4.45. The zero-order valence-electron chi connectivity index (χ0n) is 14.6. The van der Waals surface area contributed by atoms with Crippen LogP contribution in [0.5, 0.6) is 0 Å². The Morgan fingerprint density at radius 2 is 1.92 bits per heavy atom. The summed E-state index contributed by atoms with van der Waals surface area (Å²) in [6.45, 7) is 4.01. The van der Waals surface area contributed by atoms with Gasteiger partial charge in [-0.3, -0.25) is 10.1 Å². The highest BCUT2D eigenvalue weighted by molar-refractivity contribution is 7.17. The summed E-state index contributed by atoms with van der Waals surface area (Å²) in [6.07, 6.45) is 2.07. The van der Waals surface area contributed by atoms with Crippen molar-refractivity contribution in [1.82, 2.24) is 5.32 Å². The molecule has 26 heavy (non-hydrogen) atoms. The summed E-state index contributed by atoms with van der Waals surface area (Å²) in [5.41, 5.74) is 7.37. The van der Waals surface area contributed by atoms with Crippen molar-refractivity contribution < 1.29 is 9.59 Å². The molecule has 6 nitrogen and oxygen atoms in total. The summed E-state index contributed by atoms with van der Waals surface area (Å²) in [6, 6.07) is 6.96. The molecule has 1 aliphatic rings. The number of nitrogens with two attached hydrogens (primary N) is 1. The smallest absolute Gasteiger partial charge is 0.324 e. The van der Waals surface area contributed by atoms with Crippen molar-refractivity contribution in [3.8, 4) is 0 Å². The second-order valence-corrected chi connectivity index (χ2v) is 7.93. The first-order valence-electron chi connectivity index (χ1n) is 8.38. The van der Waals surface area contributed by atoms with E-state index in [2.05, 4.69) is 22.9 Å². The molecule has 0 radical (unpaired) electrons. The van der Waals surface area contributed by atoms with E-state index in [9.17, 15) is 9.59 Å². The van der Waals surface area contributed by atoms with Gasteiger partial charge in [-0.1, -0.05) is 11.6 Å².